The lowest BCUT2D eigenvalue weighted by Crippen LogP contribution is -2.05. The van der Waals surface area contributed by atoms with Crippen LogP contribution in [0.5, 0.6) is 34.5 Å². The molecule has 0 heterocycles. The summed E-state index contributed by atoms with van der Waals surface area (Å²) in [5, 5.41) is 0. The highest BCUT2D eigenvalue weighted by molar-refractivity contribution is 5.67. The van der Waals surface area contributed by atoms with E-state index in [0.717, 1.165) is 110 Å². The van der Waals surface area contributed by atoms with Crippen LogP contribution in [0, 0.1) is 35.5 Å². The normalized spacial score (nSPS) is 11.0. The van der Waals surface area contributed by atoms with Gasteiger partial charge in [0.05, 0.1) is 39.6 Å². The van der Waals surface area contributed by atoms with E-state index in [2.05, 4.69) is 77.1 Å². The number of benzene rings is 3. The first-order valence-electron chi connectivity index (χ1n) is 20.4. The van der Waals surface area contributed by atoms with Crippen molar-refractivity contribution >= 4 is 0 Å². The van der Waals surface area contributed by atoms with E-state index in [1.807, 2.05) is 36.4 Å². The Bertz CT molecular complexity index is 1490. The van der Waals surface area contributed by atoms with Crippen LogP contribution < -0.4 is 28.4 Å². The van der Waals surface area contributed by atoms with Gasteiger partial charge in [0.25, 0.3) is 0 Å². The van der Waals surface area contributed by atoms with E-state index >= 15 is 0 Å². The third-order valence-electron chi connectivity index (χ3n) is 8.78. The fourth-order valence-corrected chi connectivity index (χ4v) is 5.34. The molecule has 54 heavy (non-hydrogen) atoms. The first kappa shape index (κ1) is 41.9. The van der Waals surface area contributed by atoms with E-state index in [4.69, 9.17) is 28.4 Å². The van der Waals surface area contributed by atoms with Crippen LogP contribution in [0.15, 0.2) is 36.4 Å². The summed E-state index contributed by atoms with van der Waals surface area (Å²) in [6, 6.07) is 11.8. The van der Waals surface area contributed by atoms with Gasteiger partial charge in [-0.25, -0.2) is 0 Å². The standard InChI is InChI=1S/C48H60O6/c1-7-13-25-49-43-31-37-19-20-39-33-45(51-27-15-9-3)47(53-29-17-11-5)35-41(39)23-24-42-36-48(54-30-18-12-6)46(52-28-16-10-4)34-40(42)22-21-38(37)32-44(43)50-26-14-8-2/h31-36H,7-18,25-30H2,1-6H3. The van der Waals surface area contributed by atoms with Crippen LogP contribution >= 0.6 is 0 Å². The van der Waals surface area contributed by atoms with Crippen molar-refractivity contribution in [2.24, 2.45) is 0 Å². The summed E-state index contributed by atoms with van der Waals surface area (Å²) >= 11 is 0. The highest BCUT2D eigenvalue weighted by Gasteiger charge is 2.16. The molecule has 6 heteroatoms. The first-order chi connectivity index (χ1) is 26.5. The Kier molecular flexibility index (Phi) is 18.4. The van der Waals surface area contributed by atoms with Crippen molar-refractivity contribution in [3.63, 3.8) is 0 Å². The van der Waals surface area contributed by atoms with Crippen LogP contribution in [0.4, 0.5) is 0 Å². The molecule has 0 spiro atoms. The van der Waals surface area contributed by atoms with Crippen LogP contribution in [0.2, 0.25) is 0 Å². The summed E-state index contributed by atoms with van der Waals surface area (Å²) in [7, 11) is 0. The molecule has 288 valence electrons. The Hall–Kier alpha value is -4.86. The third-order valence-corrected chi connectivity index (χ3v) is 8.78. The summed E-state index contributed by atoms with van der Waals surface area (Å²) in [4.78, 5) is 0. The number of fused-ring (bicyclic) bond motifs is 3. The van der Waals surface area contributed by atoms with E-state index in [-0.39, 0.29) is 0 Å². The summed E-state index contributed by atoms with van der Waals surface area (Å²) in [5.74, 6) is 24.7. The minimum atomic E-state index is 0.590. The molecule has 0 aliphatic heterocycles. The van der Waals surface area contributed by atoms with Gasteiger partial charge in [0, 0.05) is 69.8 Å². The van der Waals surface area contributed by atoms with Gasteiger partial charge in [-0.1, -0.05) is 116 Å². The van der Waals surface area contributed by atoms with Crippen LogP contribution in [-0.2, 0) is 0 Å². The summed E-state index contributed by atoms with van der Waals surface area (Å²) in [6.07, 6.45) is 11.8. The van der Waals surface area contributed by atoms with Crippen LogP contribution in [-0.4, -0.2) is 39.6 Å². The lowest BCUT2D eigenvalue weighted by molar-refractivity contribution is 0.262. The van der Waals surface area contributed by atoms with Gasteiger partial charge in [-0.15, -0.1) is 0 Å². The quantitative estimate of drug-likeness (QED) is 0.0528. The predicted molar refractivity (Wildman–Crippen MR) is 220 cm³/mol. The molecule has 0 saturated carbocycles. The Morgan fingerprint density at radius 1 is 0.278 bits per heavy atom. The Morgan fingerprint density at radius 3 is 0.556 bits per heavy atom. The number of ether oxygens (including phenoxy) is 6. The SMILES string of the molecule is CCCCOc1cc2c(cc1OCCCC)C#Cc1cc(OCCCC)c(OCCCC)cc1C#Cc1cc(OCCCC)c(OCCCC)cc1C#C2. The van der Waals surface area contributed by atoms with Crippen LogP contribution in [0.1, 0.15) is 152 Å². The Balaban J connectivity index is 1.99. The maximum atomic E-state index is 6.29. The fourth-order valence-electron chi connectivity index (χ4n) is 5.34. The molecule has 3 aromatic rings. The van der Waals surface area contributed by atoms with E-state index < -0.39 is 0 Å². The van der Waals surface area contributed by atoms with Crippen molar-refractivity contribution in [1.82, 2.24) is 0 Å². The highest BCUT2D eigenvalue weighted by Crippen LogP contribution is 2.35. The largest absolute Gasteiger partial charge is 0.490 e. The van der Waals surface area contributed by atoms with Crippen molar-refractivity contribution < 1.29 is 28.4 Å². The fraction of sp³-hybridized carbons (Fsp3) is 0.500. The molecule has 0 aromatic heterocycles. The van der Waals surface area contributed by atoms with Crippen molar-refractivity contribution in [1.29, 1.82) is 0 Å². The van der Waals surface area contributed by atoms with Gasteiger partial charge in [-0.3, -0.25) is 0 Å². The van der Waals surface area contributed by atoms with Gasteiger partial charge in [0.15, 0.2) is 34.5 Å². The van der Waals surface area contributed by atoms with Gasteiger partial charge in [-0.05, 0) is 38.5 Å². The molecule has 0 fully saturated rings. The second-order valence-corrected chi connectivity index (χ2v) is 13.5. The van der Waals surface area contributed by atoms with Crippen molar-refractivity contribution in [3.05, 3.63) is 69.8 Å². The van der Waals surface area contributed by atoms with E-state index in [1.54, 1.807) is 0 Å². The molecule has 0 N–H and O–H groups in total. The monoisotopic (exact) mass is 732 g/mol. The molecule has 0 amide bonds. The van der Waals surface area contributed by atoms with Gasteiger partial charge < -0.3 is 28.4 Å². The topological polar surface area (TPSA) is 55.4 Å². The third kappa shape index (κ3) is 12.9. The predicted octanol–water partition coefficient (Wildman–Crippen LogP) is 11.3. The zero-order chi connectivity index (χ0) is 38.4. The Labute approximate surface area is 325 Å². The second kappa shape index (κ2) is 23.7. The molecule has 0 atom stereocenters. The molecule has 1 aliphatic rings. The zero-order valence-corrected chi connectivity index (χ0v) is 33.6. The van der Waals surface area contributed by atoms with Gasteiger partial charge >= 0.3 is 0 Å². The smallest absolute Gasteiger partial charge is 0.162 e. The molecular formula is C48H60O6. The first-order valence-corrected chi connectivity index (χ1v) is 20.4. The molecule has 3 aromatic carbocycles. The van der Waals surface area contributed by atoms with Crippen LogP contribution in [0.3, 0.4) is 0 Å². The minimum absolute atomic E-state index is 0.590. The van der Waals surface area contributed by atoms with Crippen molar-refractivity contribution in [3.8, 4) is 70.0 Å². The minimum Gasteiger partial charge on any atom is -0.490 e. The molecular weight excluding hydrogens is 673 g/mol. The van der Waals surface area contributed by atoms with Gasteiger partial charge in [-0.2, -0.15) is 0 Å². The number of hydrogen-bond acceptors (Lipinski definition) is 6. The number of unbranched alkanes of at least 4 members (excludes halogenated alkanes) is 6. The summed E-state index contributed by atoms with van der Waals surface area (Å²) < 4.78 is 37.8. The molecule has 0 bridgehead atoms. The lowest BCUT2D eigenvalue weighted by atomic mass is 10.0. The molecule has 1 aliphatic carbocycles. The maximum Gasteiger partial charge on any atom is 0.162 e. The number of rotatable bonds is 24. The van der Waals surface area contributed by atoms with Gasteiger partial charge in [0.2, 0.25) is 0 Å². The highest BCUT2D eigenvalue weighted by atomic mass is 16.5. The molecule has 0 saturated heterocycles. The lowest BCUT2D eigenvalue weighted by Gasteiger charge is -2.16. The van der Waals surface area contributed by atoms with Crippen LogP contribution in [0.25, 0.3) is 0 Å². The Morgan fingerprint density at radius 2 is 0.426 bits per heavy atom. The van der Waals surface area contributed by atoms with Crippen molar-refractivity contribution in [2.45, 2.75) is 119 Å². The van der Waals surface area contributed by atoms with E-state index in [1.165, 1.54) is 0 Å². The summed E-state index contributed by atoms with van der Waals surface area (Å²) in [6.45, 7) is 16.5. The average Bonchev–Trinajstić information content (AvgIpc) is 3.17. The van der Waals surface area contributed by atoms with E-state index in [0.29, 0.717) is 74.1 Å². The molecule has 0 radical (unpaired) electrons. The van der Waals surface area contributed by atoms with E-state index in [9.17, 15) is 0 Å². The van der Waals surface area contributed by atoms with Crippen molar-refractivity contribution in [2.75, 3.05) is 39.6 Å². The molecule has 0 unspecified atom stereocenters. The zero-order valence-electron chi connectivity index (χ0n) is 33.6. The second-order valence-electron chi connectivity index (χ2n) is 13.5. The van der Waals surface area contributed by atoms with Gasteiger partial charge in [0.1, 0.15) is 0 Å². The molecule has 6 nitrogen and oxygen atoms in total. The molecule has 4 rings (SSSR count). The number of hydrogen-bond donors (Lipinski definition) is 0. The summed E-state index contributed by atoms with van der Waals surface area (Å²) in [5.41, 5.74) is 4.46. The maximum absolute atomic E-state index is 6.29. The average molecular weight is 733 g/mol.